The lowest BCUT2D eigenvalue weighted by atomic mass is 10.00. The molecule has 0 spiro atoms. The lowest BCUT2D eigenvalue weighted by Crippen LogP contribution is -2.27. The number of hydrogen-bond acceptors (Lipinski definition) is 3. The Morgan fingerprint density at radius 2 is 1.78 bits per heavy atom. The number of aryl methyl sites for hydroxylation is 1. The summed E-state index contributed by atoms with van der Waals surface area (Å²) in [6.07, 6.45) is 0.676. The van der Waals surface area contributed by atoms with Crippen LogP contribution in [0.1, 0.15) is 27.4 Å². The fourth-order valence-electron chi connectivity index (χ4n) is 4.42. The molecular formula is C26H20Cl4F2N2O2. The number of rotatable bonds is 7. The van der Waals surface area contributed by atoms with Gasteiger partial charge >= 0.3 is 0 Å². The second-order valence-electron chi connectivity index (χ2n) is 8.73. The van der Waals surface area contributed by atoms with Crippen LogP contribution in [-0.2, 0) is 4.79 Å². The van der Waals surface area contributed by atoms with E-state index in [9.17, 15) is 18.4 Å². The molecular weight excluding hydrogens is 552 g/mol. The Morgan fingerprint density at radius 1 is 1.06 bits per heavy atom. The Labute approximate surface area is 227 Å². The number of hydrogen-bond donors (Lipinski definition) is 1. The summed E-state index contributed by atoms with van der Waals surface area (Å²) >= 11 is 25.2. The number of anilines is 2. The van der Waals surface area contributed by atoms with Crippen LogP contribution in [0.3, 0.4) is 0 Å². The molecule has 3 aromatic carbocycles. The Kier molecular flexibility index (Phi) is 7.28. The first-order chi connectivity index (χ1) is 16.9. The monoisotopic (exact) mass is 570 g/mol. The maximum absolute atomic E-state index is 13.6. The Morgan fingerprint density at radius 3 is 2.42 bits per heavy atom. The van der Waals surface area contributed by atoms with E-state index >= 15 is 0 Å². The number of halogens is 6. The third-order valence-corrected chi connectivity index (χ3v) is 8.27. The number of carbonyl (C=O) groups excluding carboxylic acids is 2. The summed E-state index contributed by atoms with van der Waals surface area (Å²) in [4.78, 5) is 26.8. The Hall–Kier alpha value is -2.38. The number of nitrogens with one attached hydrogen (secondary N) is 1. The molecule has 1 aliphatic rings. The molecule has 10 heteroatoms. The predicted molar refractivity (Wildman–Crippen MR) is 141 cm³/mol. The molecule has 1 amide bonds. The van der Waals surface area contributed by atoms with Crippen LogP contribution < -0.4 is 10.2 Å². The van der Waals surface area contributed by atoms with Gasteiger partial charge in [-0.2, -0.15) is 0 Å². The highest BCUT2D eigenvalue weighted by Crippen LogP contribution is 2.73. The van der Waals surface area contributed by atoms with Crippen LogP contribution >= 0.6 is 46.4 Å². The summed E-state index contributed by atoms with van der Waals surface area (Å²) in [5, 5.41) is 3.23. The molecule has 0 aromatic heterocycles. The van der Waals surface area contributed by atoms with Crippen molar-refractivity contribution in [2.24, 2.45) is 5.41 Å². The molecule has 2 unspecified atom stereocenters. The molecule has 0 bridgehead atoms. The van der Waals surface area contributed by atoms with E-state index in [1.807, 2.05) is 0 Å². The summed E-state index contributed by atoms with van der Waals surface area (Å²) in [6.45, 7) is 1.73. The first kappa shape index (κ1) is 26.7. The minimum Gasteiger partial charge on any atom is -0.384 e. The van der Waals surface area contributed by atoms with Crippen molar-refractivity contribution in [2.45, 2.75) is 17.2 Å². The average molecular weight is 572 g/mol. The van der Waals surface area contributed by atoms with Gasteiger partial charge in [0, 0.05) is 30.9 Å². The third-order valence-electron chi connectivity index (χ3n) is 6.51. The van der Waals surface area contributed by atoms with Gasteiger partial charge in [-0.25, -0.2) is 8.78 Å². The smallest absolute Gasteiger partial charge is 0.259 e. The minimum atomic E-state index is -1.45. The van der Waals surface area contributed by atoms with Crippen LogP contribution in [-0.4, -0.2) is 30.1 Å². The van der Waals surface area contributed by atoms with Crippen LogP contribution in [0.4, 0.5) is 20.2 Å². The van der Waals surface area contributed by atoms with Gasteiger partial charge in [0.1, 0.15) is 22.3 Å². The van der Waals surface area contributed by atoms with E-state index in [0.29, 0.717) is 28.8 Å². The van der Waals surface area contributed by atoms with Gasteiger partial charge in [0.05, 0.1) is 21.0 Å². The summed E-state index contributed by atoms with van der Waals surface area (Å²) in [5.74, 6) is -2.03. The van der Waals surface area contributed by atoms with Crippen molar-refractivity contribution in [3.8, 4) is 0 Å². The highest BCUT2D eigenvalue weighted by atomic mass is 35.5. The summed E-state index contributed by atoms with van der Waals surface area (Å²) in [5.41, 5.74) is 1.13. The Balaban J connectivity index is 1.56. The van der Waals surface area contributed by atoms with E-state index in [-0.39, 0.29) is 22.2 Å². The maximum atomic E-state index is 13.6. The zero-order valence-corrected chi connectivity index (χ0v) is 22.1. The minimum absolute atomic E-state index is 0.0331. The predicted octanol–water partition coefficient (Wildman–Crippen LogP) is 7.43. The molecule has 0 heterocycles. The highest BCUT2D eigenvalue weighted by molar-refractivity contribution is 6.54. The molecule has 188 valence electrons. The molecule has 36 heavy (non-hydrogen) atoms. The molecule has 1 fully saturated rings. The van der Waals surface area contributed by atoms with Gasteiger partial charge in [-0.3, -0.25) is 4.79 Å². The van der Waals surface area contributed by atoms with Crippen molar-refractivity contribution in [1.29, 1.82) is 0 Å². The quantitative estimate of drug-likeness (QED) is 0.237. The summed E-state index contributed by atoms with van der Waals surface area (Å²) in [7, 11) is 1.57. The van der Waals surface area contributed by atoms with Gasteiger partial charge in [-0.15, -0.1) is 0 Å². The van der Waals surface area contributed by atoms with Crippen molar-refractivity contribution < 1.29 is 18.4 Å². The maximum Gasteiger partial charge on any atom is 0.259 e. The van der Waals surface area contributed by atoms with Gasteiger partial charge in [0.2, 0.25) is 0 Å². The molecule has 0 radical (unpaired) electrons. The Bertz CT molecular complexity index is 1370. The zero-order valence-electron chi connectivity index (χ0n) is 19.1. The van der Waals surface area contributed by atoms with Gasteiger partial charge in [0.25, 0.3) is 5.91 Å². The molecule has 0 saturated heterocycles. The van der Waals surface area contributed by atoms with E-state index in [0.717, 1.165) is 0 Å². The van der Waals surface area contributed by atoms with E-state index in [1.165, 1.54) is 41.3 Å². The molecule has 4 nitrogen and oxygen atoms in total. The first-order valence-electron chi connectivity index (χ1n) is 10.8. The third kappa shape index (κ3) is 4.56. The highest BCUT2D eigenvalue weighted by Gasteiger charge is 2.76. The SMILES string of the molecule is Cc1cc(F)ccc1N(C)C(=O)c1cc(NCC2(C=O)C(c3ccc(F)c(Cl)c3)C2(Cl)Cl)ccc1Cl. The first-order valence-corrected chi connectivity index (χ1v) is 12.3. The molecule has 2 atom stereocenters. The van der Waals surface area contributed by atoms with Gasteiger partial charge in [-0.1, -0.05) is 52.5 Å². The fraction of sp³-hybridized carbons (Fsp3) is 0.231. The molecule has 1 saturated carbocycles. The standard InChI is InChI=1S/C26H20Cl4F2N2O2/c1-14-9-16(31)4-8-22(14)34(2)24(36)18-11-17(5-6-19(18)27)33-12-25(13-35)23(26(25,29)30)15-3-7-21(32)20(28)10-15/h3-11,13,23,33H,12H2,1-2H3. The van der Waals surface area contributed by atoms with Crippen LogP contribution in [0.5, 0.6) is 0 Å². The number of amides is 1. The number of carbonyl (C=O) groups is 2. The molecule has 1 N–H and O–H groups in total. The fourth-order valence-corrected chi connectivity index (χ4v) is 5.78. The molecule has 0 aliphatic heterocycles. The number of aldehydes is 1. The summed E-state index contributed by atoms with van der Waals surface area (Å²) < 4.78 is 25.7. The molecule has 1 aliphatic carbocycles. The van der Waals surface area contributed by atoms with Crippen LogP contribution in [0.2, 0.25) is 10.0 Å². The van der Waals surface area contributed by atoms with E-state index in [1.54, 1.807) is 32.2 Å². The molecule has 4 rings (SSSR count). The van der Waals surface area contributed by atoms with E-state index < -0.39 is 33.2 Å². The van der Waals surface area contributed by atoms with Crippen molar-refractivity contribution in [1.82, 2.24) is 0 Å². The second kappa shape index (κ2) is 9.82. The van der Waals surface area contributed by atoms with Crippen molar-refractivity contribution in [3.63, 3.8) is 0 Å². The number of nitrogens with zero attached hydrogens (tertiary/aromatic N) is 1. The van der Waals surface area contributed by atoms with Crippen molar-refractivity contribution in [3.05, 3.63) is 93.0 Å². The lowest BCUT2D eigenvalue weighted by Gasteiger charge is -2.21. The van der Waals surface area contributed by atoms with Gasteiger partial charge in [0.15, 0.2) is 0 Å². The lowest BCUT2D eigenvalue weighted by molar-refractivity contribution is -0.112. The average Bonchev–Trinajstić information content (AvgIpc) is 3.33. The second-order valence-corrected chi connectivity index (χ2v) is 10.9. The van der Waals surface area contributed by atoms with Crippen molar-refractivity contribution >= 4 is 70.0 Å². The molecule has 3 aromatic rings. The van der Waals surface area contributed by atoms with Gasteiger partial charge < -0.3 is 15.0 Å². The number of benzene rings is 3. The largest absolute Gasteiger partial charge is 0.384 e. The van der Waals surface area contributed by atoms with E-state index in [4.69, 9.17) is 46.4 Å². The van der Waals surface area contributed by atoms with Crippen LogP contribution in [0, 0.1) is 24.0 Å². The van der Waals surface area contributed by atoms with E-state index in [2.05, 4.69) is 5.32 Å². The van der Waals surface area contributed by atoms with Gasteiger partial charge in [-0.05, 0) is 66.6 Å². The summed E-state index contributed by atoms with van der Waals surface area (Å²) in [6, 6.07) is 13.0. The van der Waals surface area contributed by atoms with Crippen LogP contribution in [0.25, 0.3) is 0 Å². The topological polar surface area (TPSA) is 49.4 Å². The van der Waals surface area contributed by atoms with Crippen LogP contribution in [0.15, 0.2) is 54.6 Å². The number of alkyl halides is 2. The van der Waals surface area contributed by atoms with Crippen molar-refractivity contribution in [2.75, 3.05) is 23.8 Å². The zero-order chi connectivity index (χ0) is 26.4. The normalized spacial score (nSPS) is 20.1.